The lowest BCUT2D eigenvalue weighted by atomic mass is 10.1. The van der Waals surface area contributed by atoms with Gasteiger partial charge in [0, 0.05) is 5.75 Å². The molecule has 100 valence electrons. The lowest BCUT2D eigenvalue weighted by molar-refractivity contribution is 0.318. The van der Waals surface area contributed by atoms with Crippen LogP contribution in [0.1, 0.15) is 37.1 Å². The van der Waals surface area contributed by atoms with Crippen molar-refractivity contribution in [1.82, 2.24) is 10.2 Å². The molecule has 0 amide bonds. The SMILES string of the molecule is CCC(C)CSc1nnc(C)c(C)c1C(N)=NO. The second kappa shape index (κ2) is 6.58. The summed E-state index contributed by atoms with van der Waals surface area (Å²) < 4.78 is 0. The van der Waals surface area contributed by atoms with Crippen LogP contribution in [0.3, 0.4) is 0 Å². The molecule has 3 N–H and O–H groups in total. The standard InChI is InChI=1S/C12H20N4OS/c1-5-7(2)6-18-12-10(11(13)16-17)8(3)9(4)14-15-12/h7,17H,5-6H2,1-4H3,(H2,13,16). The molecule has 0 fully saturated rings. The van der Waals surface area contributed by atoms with Crippen molar-refractivity contribution in [2.75, 3.05) is 5.75 Å². The first-order valence-corrected chi connectivity index (χ1v) is 6.94. The Balaban J connectivity index is 3.08. The van der Waals surface area contributed by atoms with E-state index in [0.717, 1.165) is 28.5 Å². The predicted octanol–water partition coefficient (Wildman–Crippen LogP) is 2.33. The van der Waals surface area contributed by atoms with Gasteiger partial charge in [0.2, 0.25) is 0 Å². The topological polar surface area (TPSA) is 84.4 Å². The molecule has 0 aliphatic heterocycles. The fraction of sp³-hybridized carbons (Fsp3) is 0.583. The number of hydrogen-bond donors (Lipinski definition) is 2. The molecule has 1 heterocycles. The highest BCUT2D eigenvalue weighted by Crippen LogP contribution is 2.26. The minimum absolute atomic E-state index is 0.0946. The van der Waals surface area contributed by atoms with Crippen LogP contribution in [0.15, 0.2) is 10.2 Å². The fourth-order valence-corrected chi connectivity index (χ4v) is 2.56. The Bertz CT molecular complexity index is 448. The zero-order chi connectivity index (χ0) is 13.7. The normalized spacial score (nSPS) is 13.7. The Labute approximate surface area is 112 Å². The molecule has 0 saturated carbocycles. The van der Waals surface area contributed by atoms with Gasteiger partial charge in [0.05, 0.1) is 11.3 Å². The van der Waals surface area contributed by atoms with Crippen molar-refractivity contribution in [3.05, 3.63) is 16.8 Å². The maximum absolute atomic E-state index is 8.86. The number of amidine groups is 1. The number of oxime groups is 1. The number of nitrogens with two attached hydrogens (primary N) is 1. The molecule has 0 bridgehead atoms. The van der Waals surface area contributed by atoms with Crippen molar-refractivity contribution < 1.29 is 5.21 Å². The van der Waals surface area contributed by atoms with Gasteiger partial charge >= 0.3 is 0 Å². The van der Waals surface area contributed by atoms with Crippen LogP contribution in [0.25, 0.3) is 0 Å². The lowest BCUT2D eigenvalue weighted by Gasteiger charge is -2.12. The minimum atomic E-state index is 0.0946. The quantitative estimate of drug-likeness (QED) is 0.281. The van der Waals surface area contributed by atoms with Gasteiger partial charge in [0.1, 0.15) is 5.03 Å². The van der Waals surface area contributed by atoms with Crippen LogP contribution >= 0.6 is 11.8 Å². The summed E-state index contributed by atoms with van der Waals surface area (Å²) in [6.45, 7) is 8.11. The molecule has 0 radical (unpaired) electrons. The summed E-state index contributed by atoms with van der Waals surface area (Å²) >= 11 is 1.60. The van der Waals surface area contributed by atoms with E-state index in [-0.39, 0.29) is 5.84 Å². The zero-order valence-electron chi connectivity index (χ0n) is 11.3. The summed E-state index contributed by atoms with van der Waals surface area (Å²) in [6, 6.07) is 0. The van der Waals surface area contributed by atoms with E-state index < -0.39 is 0 Å². The van der Waals surface area contributed by atoms with Gasteiger partial charge in [-0.15, -0.1) is 16.9 Å². The molecule has 18 heavy (non-hydrogen) atoms. The zero-order valence-corrected chi connectivity index (χ0v) is 12.1. The van der Waals surface area contributed by atoms with Crippen LogP contribution in [0, 0.1) is 19.8 Å². The molecule has 1 rings (SSSR count). The molecular formula is C12H20N4OS. The molecule has 0 aromatic carbocycles. The Morgan fingerprint density at radius 2 is 2.11 bits per heavy atom. The van der Waals surface area contributed by atoms with Crippen LogP contribution in [0.4, 0.5) is 0 Å². The second-order valence-electron chi connectivity index (χ2n) is 4.40. The highest BCUT2D eigenvalue weighted by molar-refractivity contribution is 7.99. The Hall–Kier alpha value is -1.30. The van der Waals surface area contributed by atoms with Crippen LogP contribution in [0.2, 0.25) is 0 Å². The van der Waals surface area contributed by atoms with E-state index in [9.17, 15) is 0 Å². The van der Waals surface area contributed by atoms with Crippen molar-refractivity contribution in [3.8, 4) is 0 Å². The smallest absolute Gasteiger partial charge is 0.173 e. The Morgan fingerprint density at radius 1 is 1.44 bits per heavy atom. The summed E-state index contributed by atoms with van der Waals surface area (Å²) in [6.07, 6.45) is 1.12. The number of thioether (sulfide) groups is 1. The number of nitrogens with zero attached hydrogens (tertiary/aromatic N) is 3. The first-order chi connectivity index (χ1) is 8.51. The van der Waals surface area contributed by atoms with Crippen LogP contribution in [0.5, 0.6) is 0 Å². The van der Waals surface area contributed by atoms with Crippen LogP contribution < -0.4 is 5.73 Å². The van der Waals surface area contributed by atoms with Gasteiger partial charge in [-0.05, 0) is 25.3 Å². The average Bonchev–Trinajstić information content (AvgIpc) is 2.38. The van der Waals surface area contributed by atoms with E-state index in [1.54, 1.807) is 11.8 Å². The van der Waals surface area contributed by atoms with Crippen molar-refractivity contribution in [3.63, 3.8) is 0 Å². The number of aromatic nitrogens is 2. The van der Waals surface area contributed by atoms with Gasteiger partial charge in [-0.25, -0.2) is 0 Å². The monoisotopic (exact) mass is 268 g/mol. The molecule has 6 heteroatoms. The van der Waals surface area contributed by atoms with Gasteiger partial charge in [-0.3, -0.25) is 0 Å². The van der Waals surface area contributed by atoms with Crippen molar-refractivity contribution in [2.45, 2.75) is 39.1 Å². The first kappa shape index (κ1) is 14.8. The Kier molecular flexibility index (Phi) is 5.40. The highest BCUT2D eigenvalue weighted by atomic mass is 32.2. The van der Waals surface area contributed by atoms with Gasteiger partial charge in [-0.2, -0.15) is 5.10 Å². The fourth-order valence-electron chi connectivity index (χ4n) is 1.38. The average molecular weight is 268 g/mol. The maximum Gasteiger partial charge on any atom is 0.173 e. The molecular weight excluding hydrogens is 248 g/mol. The van der Waals surface area contributed by atoms with Crippen molar-refractivity contribution in [2.24, 2.45) is 16.8 Å². The summed E-state index contributed by atoms with van der Waals surface area (Å²) in [5.74, 6) is 1.63. The second-order valence-corrected chi connectivity index (χ2v) is 5.41. The maximum atomic E-state index is 8.86. The van der Waals surface area contributed by atoms with E-state index in [4.69, 9.17) is 10.9 Å². The predicted molar refractivity (Wildman–Crippen MR) is 74.2 cm³/mol. The minimum Gasteiger partial charge on any atom is -0.409 e. The van der Waals surface area contributed by atoms with Gasteiger partial charge < -0.3 is 10.9 Å². The third-order valence-electron chi connectivity index (χ3n) is 2.99. The molecule has 1 unspecified atom stereocenters. The highest BCUT2D eigenvalue weighted by Gasteiger charge is 2.16. The molecule has 0 saturated heterocycles. The largest absolute Gasteiger partial charge is 0.409 e. The molecule has 1 aromatic rings. The van der Waals surface area contributed by atoms with Crippen molar-refractivity contribution >= 4 is 17.6 Å². The van der Waals surface area contributed by atoms with Crippen molar-refractivity contribution in [1.29, 1.82) is 0 Å². The molecule has 5 nitrogen and oxygen atoms in total. The Morgan fingerprint density at radius 3 is 2.67 bits per heavy atom. The van der Waals surface area contributed by atoms with Gasteiger partial charge in [0.15, 0.2) is 5.84 Å². The number of hydrogen-bond acceptors (Lipinski definition) is 5. The first-order valence-electron chi connectivity index (χ1n) is 5.95. The van der Waals surface area contributed by atoms with E-state index in [0.29, 0.717) is 11.5 Å². The van der Waals surface area contributed by atoms with E-state index >= 15 is 0 Å². The van der Waals surface area contributed by atoms with E-state index in [1.165, 1.54) is 0 Å². The van der Waals surface area contributed by atoms with Gasteiger partial charge in [0.25, 0.3) is 0 Å². The van der Waals surface area contributed by atoms with E-state index in [2.05, 4.69) is 29.2 Å². The van der Waals surface area contributed by atoms with Crippen LogP contribution in [-0.2, 0) is 0 Å². The summed E-state index contributed by atoms with van der Waals surface area (Å²) in [5, 5.41) is 20.9. The van der Waals surface area contributed by atoms with Gasteiger partial charge in [-0.1, -0.05) is 25.4 Å². The molecule has 1 aromatic heterocycles. The molecule has 0 spiro atoms. The number of aryl methyl sites for hydroxylation is 1. The molecule has 0 aliphatic rings. The summed E-state index contributed by atoms with van der Waals surface area (Å²) in [4.78, 5) is 0. The van der Waals surface area contributed by atoms with Crippen LogP contribution in [-0.4, -0.2) is 27.0 Å². The molecule has 0 aliphatic carbocycles. The van der Waals surface area contributed by atoms with E-state index in [1.807, 2.05) is 13.8 Å². The summed E-state index contributed by atoms with van der Waals surface area (Å²) in [5.41, 5.74) is 8.12. The number of rotatable bonds is 5. The summed E-state index contributed by atoms with van der Waals surface area (Å²) in [7, 11) is 0. The third-order valence-corrected chi connectivity index (χ3v) is 4.28. The lowest BCUT2D eigenvalue weighted by Crippen LogP contribution is -2.18. The molecule has 1 atom stereocenters. The third kappa shape index (κ3) is 3.35.